The molecule has 1 aromatic rings. The molecule has 2 rings (SSSR count). The normalized spacial score (nSPS) is 18.4. The maximum absolute atomic E-state index is 11.9. The standard InChI is InChI=1S/C14H17ClN2O3/c1-16-12(18)7-10-5-6-13(19)17(10)8-9-3-2-4-11(15)14(9)20/h2-4,10,20H,5-8H2,1H3,(H,16,18). The molecular weight excluding hydrogens is 280 g/mol. The number of hydrogen-bond donors (Lipinski definition) is 2. The summed E-state index contributed by atoms with van der Waals surface area (Å²) < 4.78 is 0. The molecule has 2 amide bonds. The number of benzene rings is 1. The van der Waals surface area contributed by atoms with Gasteiger partial charge in [-0.05, 0) is 12.5 Å². The Bertz CT molecular complexity index is 533. The summed E-state index contributed by atoms with van der Waals surface area (Å²) in [5.41, 5.74) is 0.592. The van der Waals surface area contributed by atoms with Crippen LogP contribution >= 0.6 is 11.6 Å². The monoisotopic (exact) mass is 296 g/mol. The number of rotatable bonds is 4. The van der Waals surface area contributed by atoms with Crippen molar-refractivity contribution in [3.63, 3.8) is 0 Å². The summed E-state index contributed by atoms with van der Waals surface area (Å²) in [6.45, 7) is 0.271. The summed E-state index contributed by atoms with van der Waals surface area (Å²) in [6.07, 6.45) is 1.38. The van der Waals surface area contributed by atoms with E-state index in [1.807, 2.05) is 0 Å². The van der Waals surface area contributed by atoms with E-state index in [4.69, 9.17) is 11.6 Å². The molecule has 1 aliphatic heterocycles. The molecule has 1 aromatic carbocycles. The first kappa shape index (κ1) is 14.7. The van der Waals surface area contributed by atoms with Gasteiger partial charge in [0, 0.05) is 38.0 Å². The van der Waals surface area contributed by atoms with Crippen LogP contribution < -0.4 is 5.32 Å². The van der Waals surface area contributed by atoms with Crippen LogP contribution in [0.15, 0.2) is 18.2 Å². The fourth-order valence-electron chi connectivity index (χ4n) is 2.41. The van der Waals surface area contributed by atoms with Gasteiger partial charge in [-0.3, -0.25) is 9.59 Å². The molecule has 0 aliphatic carbocycles. The number of carbonyl (C=O) groups excluding carboxylic acids is 2. The Hall–Kier alpha value is -1.75. The van der Waals surface area contributed by atoms with Gasteiger partial charge in [-0.1, -0.05) is 23.7 Å². The lowest BCUT2D eigenvalue weighted by Gasteiger charge is -2.24. The highest BCUT2D eigenvalue weighted by atomic mass is 35.5. The summed E-state index contributed by atoms with van der Waals surface area (Å²) in [6, 6.07) is 4.92. The third-order valence-corrected chi connectivity index (χ3v) is 3.87. The van der Waals surface area contributed by atoms with E-state index in [0.717, 1.165) is 0 Å². The molecule has 0 saturated carbocycles. The molecule has 0 bridgehead atoms. The summed E-state index contributed by atoms with van der Waals surface area (Å²) in [5, 5.41) is 12.7. The molecule has 0 spiro atoms. The molecule has 0 radical (unpaired) electrons. The van der Waals surface area contributed by atoms with Crippen LogP contribution in [0, 0.1) is 0 Å². The van der Waals surface area contributed by atoms with E-state index in [2.05, 4.69) is 5.32 Å². The molecule has 1 saturated heterocycles. The van der Waals surface area contributed by atoms with Crippen LogP contribution in [-0.2, 0) is 16.1 Å². The van der Waals surface area contributed by atoms with Gasteiger partial charge in [-0.15, -0.1) is 0 Å². The Kier molecular flexibility index (Phi) is 4.49. The predicted molar refractivity (Wildman–Crippen MR) is 75.4 cm³/mol. The van der Waals surface area contributed by atoms with Crippen molar-refractivity contribution >= 4 is 23.4 Å². The van der Waals surface area contributed by atoms with Crippen molar-refractivity contribution in [2.45, 2.75) is 31.8 Å². The first-order chi connectivity index (χ1) is 9.52. The minimum Gasteiger partial charge on any atom is -0.506 e. The minimum absolute atomic E-state index is 0.00159. The SMILES string of the molecule is CNC(=O)CC1CCC(=O)N1Cc1cccc(Cl)c1O. The van der Waals surface area contributed by atoms with Crippen molar-refractivity contribution in [1.29, 1.82) is 0 Å². The highest BCUT2D eigenvalue weighted by molar-refractivity contribution is 6.32. The van der Waals surface area contributed by atoms with Crippen molar-refractivity contribution in [3.05, 3.63) is 28.8 Å². The molecule has 2 N–H and O–H groups in total. The third kappa shape index (κ3) is 3.04. The van der Waals surface area contributed by atoms with Crippen molar-refractivity contribution in [2.75, 3.05) is 7.05 Å². The number of hydrogen-bond acceptors (Lipinski definition) is 3. The molecule has 1 heterocycles. The second kappa shape index (κ2) is 6.13. The van der Waals surface area contributed by atoms with Crippen molar-refractivity contribution < 1.29 is 14.7 Å². The zero-order chi connectivity index (χ0) is 14.7. The number of nitrogens with one attached hydrogen (secondary N) is 1. The van der Waals surface area contributed by atoms with Gasteiger partial charge >= 0.3 is 0 Å². The average molecular weight is 297 g/mol. The molecule has 1 unspecified atom stereocenters. The summed E-state index contributed by atoms with van der Waals surface area (Å²) in [5.74, 6) is -0.101. The van der Waals surface area contributed by atoms with E-state index in [1.54, 1.807) is 30.1 Å². The Balaban J connectivity index is 2.14. The van der Waals surface area contributed by atoms with E-state index in [0.29, 0.717) is 18.4 Å². The summed E-state index contributed by atoms with van der Waals surface area (Å²) in [7, 11) is 1.58. The first-order valence-corrected chi connectivity index (χ1v) is 6.87. The maximum atomic E-state index is 11.9. The van der Waals surface area contributed by atoms with E-state index < -0.39 is 0 Å². The molecule has 1 aliphatic rings. The lowest BCUT2D eigenvalue weighted by Crippen LogP contribution is -2.36. The molecule has 5 nitrogen and oxygen atoms in total. The Morgan fingerprint density at radius 3 is 3.00 bits per heavy atom. The van der Waals surface area contributed by atoms with Crippen LogP contribution in [0.2, 0.25) is 5.02 Å². The van der Waals surface area contributed by atoms with Gasteiger partial charge in [-0.2, -0.15) is 0 Å². The maximum Gasteiger partial charge on any atom is 0.223 e. The molecule has 1 fully saturated rings. The Morgan fingerprint density at radius 2 is 2.30 bits per heavy atom. The van der Waals surface area contributed by atoms with Crippen LogP contribution in [0.1, 0.15) is 24.8 Å². The quantitative estimate of drug-likeness (QED) is 0.888. The Labute approximate surface area is 122 Å². The highest BCUT2D eigenvalue weighted by Crippen LogP contribution is 2.31. The number of phenols is 1. The number of amides is 2. The number of carbonyl (C=O) groups is 2. The summed E-state index contributed by atoms with van der Waals surface area (Å²) >= 11 is 5.86. The number of aromatic hydroxyl groups is 1. The number of phenolic OH excluding ortho intramolecular Hbond substituents is 1. The predicted octanol–water partition coefficient (Wildman–Crippen LogP) is 1.67. The van der Waals surface area contributed by atoms with Gasteiger partial charge in [0.2, 0.25) is 11.8 Å². The second-order valence-corrected chi connectivity index (χ2v) is 5.25. The lowest BCUT2D eigenvalue weighted by atomic mass is 10.1. The number of likely N-dealkylation sites (tertiary alicyclic amines) is 1. The molecular formula is C14H17ClN2O3. The van der Waals surface area contributed by atoms with Gasteiger partial charge in [0.25, 0.3) is 0 Å². The highest BCUT2D eigenvalue weighted by Gasteiger charge is 2.32. The van der Waals surface area contributed by atoms with Crippen LogP contribution in [0.4, 0.5) is 0 Å². The first-order valence-electron chi connectivity index (χ1n) is 6.49. The number of para-hydroxylation sites is 1. The van der Waals surface area contributed by atoms with Gasteiger partial charge in [0.15, 0.2) is 0 Å². The van der Waals surface area contributed by atoms with Gasteiger partial charge < -0.3 is 15.3 Å². The van der Waals surface area contributed by atoms with Gasteiger partial charge in [0.1, 0.15) is 5.75 Å². The van der Waals surface area contributed by atoms with Crippen LogP contribution in [0.5, 0.6) is 5.75 Å². The van der Waals surface area contributed by atoms with Crippen LogP contribution in [0.25, 0.3) is 0 Å². The number of nitrogens with zero attached hydrogens (tertiary/aromatic N) is 1. The smallest absolute Gasteiger partial charge is 0.223 e. The fraction of sp³-hybridized carbons (Fsp3) is 0.429. The molecule has 108 valence electrons. The second-order valence-electron chi connectivity index (χ2n) is 4.84. The lowest BCUT2D eigenvalue weighted by molar-refractivity contribution is -0.130. The minimum atomic E-state index is -0.124. The summed E-state index contributed by atoms with van der Waals surface area (Å²) in [4.78, 5) is 25.0. The molecule has 1 atom stereocenters. The number of halogens is 1. The van der Waals surface area contributed by atoms with Gasteiger partial charge in [0.05, 0.1) is 5.02 Å². The van der Waals surface area contributed by atoms with Crippen molar-refractivity contribution in [1.82, 2.24) is 10.2 Å². The van der Waals surface area contributed by atoms with Crippen molar-refractivity contribution in [2.24, 2.45) is 0 Å². The average Bonchev–Trinajstić information content (AvgIpc) is 2.76. The zero-order valence-corrected chi connectivity index (χ0v) is 12.0. The zero-order valence-electron chi connectivity index (χ0n) is 11.2. The topological polar surface area (TPSA) is 69.6 Å². The third-order valence-electron chi connectivity index (χ3n) is 3.56. The molecule has 0 aromatic heterocycles. The molecule has 6 heteroatoms. The largest absolute Gasteiger partial charge is 0.506 e. The van der Waals surface area contributed by atoms with Crippen LogP contribution in [-0.4, -0.2) is 34.9 Å². The Morgan fingerprint density at radius 1 is 1.55 bits per heavy atom. The van der Waals surface area contributed by atoms with Crippen LogP contribution in [0.3, 0.4) is 0 Å². The van der Waals surface area contributed by atoms with E-state index in [1.165, 1.54) is 0 Å². The van der Waals surface area contributed by atoms with Gasteiger partial charge in [-0.25, -0.2) is 0 Å². The molecule has 20 heavy (non-hydrogen) atoms. The van der Waals surface area contributed by atoms with E-state index >= 15 is 0 Å². The van der Waals surface area contributed by atoms with Crippen molar-refractivity contribution in [3.8, 4) is 5.75 Å². The van der Waals surface area contributed by atoms with E-state index in [9.17, 15) is 14.7 Å². The van der Waals surface area contributed by atoms with E-state index in [-0.39, 0.29) is 41.6 Å². The fourth-order valence-corrected chi connectivity index (χ4v) is 2.60.